The quantitative estimate of drug-likeness (QED) is 0.579. The highest BCUT2D eigenvalue weighted by Crippen LogP contribution is 2.27. The molecular formula is C22H22N2O4S2. The van der Waals surface area contributed by atoms with Gasteiger partial charge >= 0.3 is 0 Å². The van der Waals surface area contributed by atoms with E-state index >= 15 is 0 Å². The van der Waals surface area contributed by atoms with Gasteiger partial charge in [-0.3, -0.25) is 4.31 Å². The number of rotatable bonds is 8. The maximum Gasteiger partial charge on any atom is 0.264 e. The van der Waals surface area contributed by atoms with Gasteiger partial charge in [-0.2, -0.15) is 0 Å². The predicted octanol–water partition coefficient (Wildman–Crippen LogP) is 3.52. The third kappa shape index (κ3) is 4.56. The van der Waals surface area contributed by atoms with E-state index in [1.807, 2.05) is 36.4 Å². The van der Waals surface area contributed by atoms with Gasteiger partial charge in [-0.1, -0.05) is 48.5 Å². The molecule has 0 atom stereocenters. The summed E-state index contributed by atoms with van der Waals surface area (Å²) in [6.45, 7) is 0.163. The Balaban J connectivity index is 1.67. The third-order valence-electron chi connectivity index (χ3n) is 4.83. The molecule has 1 N–H and O–H groups in total. The third-order valence-corrected chi connectivity index (χ3v) is 8.16. The van der Waals surface area contributed by atoms with Crippen LogP contribution in [-0.4, -0.2) is 22.9 Å². The highest BCUT2D eigenvalue weighted by molar-refractivity contribution is 7.92. The van der Waals surface area contributed by atoms with Crippen molar-refractivity contribution in [2.45, 2.75) is 35.2 Å². The highest BCUT2D eigenvalue weighted by Gasteiger charge is 2.29. The van der Waals surface area contributed by atoms with Crippen LogP contribution in [-0.2, 0) is 26.6 Å². The molecule has 3 aromatic carbocycles. The average molecular weight is 443 g/mol. The summed E-state index contributed by atoms with van der Waals surface area (Å²) in [4.78, 5) is 0.0929. The van der Waals surface area contributed by atoms with Crippen molar-refractivity contribution in [3.63, 3.8) is 0 Å². The molecule has 0 spiro atoms. The lowest BCUT2D eigenvalue weighted by Gasteiger charge is -2.25. The van der Waals surface area contributed by atoms with Gasteiger partial charge in [-0.15, -0.1) is 0 Å². The van der Waals surface area contributed by atoms with Gasteiger partial charge in [0.15, 0.2) is 0 Å². The van der Waals surface area contributed by atoms with E-state index in [2.05, 4.69) is 4.72 Å². The Morgan fingerprint density at radius 1 is 0.733 bits per heavy atom. The van der Waals surface area contributed by atoms with Crippen molar-refractivity contribution in [3.8, 4) is 0 Å². The molecule has 3 aromatic rings. The number of nitrogens with one attached hydrogen (secondary N) is 1. The summed E-state index contributed by atoms with van der Waals surface area (Å²) in [5.41, 5.74) is 1.38. The van der Waals surface area contributed by atoms with Crippen LogP contribution < -0.4 is 9.03 Å². The van der Waals surface area contributed by atoms with Crippen LogP contribution in [0.1, 0.15) is 18.4 Å². The second kappa shape index (κ2) is 8.22. The van der Waals surface area contributed by atoms with Crippen LogP contribution in [0.2, 0.25) is 0 Å². The lowest BCUT2D eigenvalue weighted by atomic mass is 10.2. The molecule has 0 amide bonds. The molecule has 0 aromatic heterocycles. The van der Waals surface area contributed by atoms with Crippen LogP contribution in [0.25, 0.3) is 0 Å². The summed E-state index contributed by atoms with van der Waals surface area (Å²) >= 11 is 0. The number of benzene rings is 3. The molecule has 156 valence electrons. The number of nitrogens with zero attached hydrogens (tertiary/aromatic N) is 1. The topological polar surface area (TPSA) is 83.5 Å². The maximum atomic E-state index is 13.4. The number of hydrogen-bond donors (Lipinski definition) is 1. The number of hydrogen-bond acceptors (Lipinski definition) is 4. The van der Waals surface area contributed by atoms with E-state index < -0.39 is 20.0 Å². The SMILES string of the molecule is O=S(=O)(NC1CC1)c1ccc(S(=O)(=O)N(Cc2ccccc2)c2ccccc2)cc1. The van der Waals surface area contributed by atoms with Gasteiger partial charge in [0, 0.05) is 6.04 Å². The Kier molecular flexibility index (Phi) is 5.64. The standard InChI is InChI=1S/C22H22N2O4S2/c25-29(26,23-19-11-12-19)21-13-15-22(16-14-21)30(27,28)24(20-9-5-2-6-10-20)17-18-7-3-1-4-8-18/h1-10,13-16,19,23H,11-12,17H2. The first-order valence-corrected chi connectivity index (χ1v) is 12.5. The molecule has 8 heteroatoms. The number of sulfonamides is 2. The van der Waals surface area contributed by atoms with Crippen molar-refractivity contribution in [1.29, 1.82) is 0 Å². The Morgan fingerprint density at radius 3 is 1.83 bits per heavy atom. The molecule has 1 saturated carbocycles. The highest BCUT2D eigenvalue weighted by atomic mass is 32.2. The van der Waals surface area contributed by atoms with Gasteiger partial charge in [-0.05, 0) is 54.8 Å². The smallest absolute Gasteiger partial charge is 0.262 e. The molecule has 1 aliphatic rings. The lowest BCUT2D eigenvalue weighted by molar-refractivity contribution is 0.579. The Morgan fingerprint density at radius 2 is 1.27 bits per heavy atom. The van der Waals surface area contributed by atoms with E-state index in [-0.39, 0.29) is 22.4 Å². The summed E-state index contributed by atoms with van der Waals surface area (Å²) < 4.78 is 55.6. The Bertz CT molecular complexity index is 1210. The fraction of sp³-hybridized carbons (Fsp3) is 0.182. The number of para-hydroxylation sites is 1. The van der Waals surface area contributed by atoms with Crippen molar-refractivity contribution in [2.24, 2.45) is 0 Å². The van der Waals surface area contributed by atoms with Crippen molar-refractivity contribution in [3.05, 3.63) is 90.5 Å². The van der Waals surface area contributed by atoms with Gasteiger partial charge in [0.1, 0.15) is 0 Å². The summed E-state index contributed by atoms with van der Waals surface area (Å²) in [5.74, 6) is 0. The lowest BCUT2D eigenvalue weighted by Crippen LogP contribution is -2.30. The average Bonchev–Trinajstić information content (AvgIpc) is 3.57. The maximum absolute atomic E-state index is 13.4. The summed E-state index contributed by atoms with van der Waals surface area (Å²) in [7, 11) is -7.55. The van der Waals surface area contributed by atoms with Crippen LogP contribution in [0.3, 0.4) is 0 Å². The number of anilines is 1. The van der Waals surface area contributed by atoms with Crippen LogP contribution in [0, 0.1) is 0 Å². The van der Waals surface area contributed by atoms with Gasteiger partial charge in [0.2, 0.25) is 10.0 Å². The summed E-state index contributed by atoms with van der Waals surface area (Å²) in [5, 5.41) is 0. The van der Waals surface area contributed by atoms with Crippen LogP contribution in [0.15, 0.2) is 94.7 Å². The normalized spacial score (nSPS) is 14.4. The zero-order valence-corrected chi connectivity index (χ0v) is 17.8. The van der Waals surface area contributed by atoms with Crippen LogP contribution in [0.5, 0.6) is 0 Å². The molecule has 0 bridgehead atoms. The first-order valence-electron chi connectivity index (χ1n) is 9.60. The van der Waals surface area contributed by atoms with E-state index in [1.165, 1.54) is 28.6 Å². The zero-order chi connectivity index (χ0) is 21.2. The molecule has 0 radical (unpaired) electrons. The van der Waals surface area contributed by atoms with E-state index in [1.54, 1.807) is 24.3 Å². The molecule has 0 saturated heterocycles. The Hall–Kier alpha value is -2.68. The van der Waals surface area contributed by atoms with E-state index in [4.69, 9.17) is 0 Å². The fourth-order valence-corrected chi connectivity index (χ4v) is 5.82. The molecule has 6 nitrogen and oxygen atoms in total. The van der Waals surface area contributed by atoms with Gasteiger partial charge in [0.25, 0.3) is 10.0 Å². The largest absolute Gasteiger partial charge is 0.264 e. The second-order valence-corrected chi connectivity index (χ2v) is 10.8. The minimum atomic E-state index is -3.91. The fourth-order valence-electron chi connectivity index (χ4n) is 3.07. The van der Waals surface area contributed by atoms with E-state index in [9.17, 15) is 16.8 Å². The van der Waals surface area contributed by atoms with Crippen LogP contribution >= 0.6 is 0 Å². The van der Waals surface area contributed by atoms with Crippen molar-refractivity contribution < 1.29 is 16.8 Å². The van der Waals surface area contributed by atoms with E-state index in [0.29, 0.717) is 5.69 Å². The van der Waals surface area contributed by atoms with Gasteiger partial charge in [-0.25, -0.2) is 21.6 Å². The van der Waals surface area contributed by atoms with Gasteiger partial charge < -0.3 is 0 Å². The van der Waals surface area contributed by atoms with Crippen molar-refractivity contribution >= 4 is 25.7 Å². The monoisotopic (exact) mass is 442 g/mol. The summed E-state index contributed by atoms with van der Waals surface area (Å²) in [6.07, 6.45) is 1.66. The molecule has 1 aliphatic carbocycles. The summed E-state index contributed by atoms with van der Waals surface area (Å²) in [6, 6.07) is 23.5. The minimum Gasteiger partial charge on any atom is -0.262 e. The van der Waals surface area contributed by atoms with Gasteiger partial charge in [0.05, 0.1) is 22.0 Å². The molecule has 4 rings (SSSR count). The Labute approximate surface area is 177 Å². The molecule has 30 heavy (non-hydrogen) atoms. The predicted molar refractivity (Wildman–Crippen MR) is 116 cm³/mol. The van der Waals surface area contributed by atoms with Crippen LogP contribution in [0.4, 0.5) is 5.69 Å². The van der Waals surface area contributed by atoms with Crippen molar-refractivity contribution in [2.75, 3.05) is 4.31 Å². The molecule has 1 fully saturated rings. The van der Waals surface area contributed by atoms with E-state index in [0.717, 1.165) is 18.4 Å². The molecule has 0 aliphatic heterocycles. The molecular weight excluding hydrogens is 420 g/mol. The first kappa shape index (κ1) is 20.6. The molecule has 0 heterocycles. The second-order valence-electron chi connectivity index (χ2n) is 7.20. The minimum absolute atomic E-state index is 0.0159. The first-order chi connectivity index (χ1) is 14.4. The zero-order valence-electron chi connectivity index (χ0n) is 16.2. The van der Waals surface area contributed by atoms with Crippen molar-refractivity contribution in [1.82, 2.24) is 4.72 Å². The molecule has 0 unspecified atom stereocenters.